The number of carboxylic acids is 1. The Hall–Kier alpha value is -2.24. The van der Waals surface area contributed by atoms with Crippen LogP contribution in [0, 0.1) is 0 Å². The van der Waals surface area contributed by atoms with E-state index in [2.05, 4.69) is 5.32 Å². The van der Waals surface area contributed by atoms with Crippen LogP contribution < -0.4 is 10.1 Å². The molecule has 1 unspecified atom stereocenters. The van der Waals surface area contributed by atoms with Crippen LogP contribution in [0.4, 0.5) is 4.79 Å². The largest absolute Gasteiger partial charge is 0.494 e. The third-order valence-electron chi connectivity index (χ3n) is 3.20. The lowest BCUT2D eigenvalue weighted by atomic mass is 10.1. The standard InChI is InChI=1S/C16H24N2O4/c1-4-11-22-14-7-5-13(6-8-14)12(2)17-16(21)18(3)10-9-15(19)20/h5-8,12H,4,9-11H2,1-3H3,(H,17,21)(H,19,20). The molecule has 2 N–H and O–H groups in total. The Morgan fingerprint density at radius 3 is 2.50 bits per heavy atom. The Morgan fingerprint density at radius 2 is 1.95 bits per heavy atom. The molecule has 0 bridgehead atoms. The molecule has 0 fully saturated rings. The Morgan fingerprint density at radius 1 is 1.32 bits per heavy atom. The fraction of sp³-hybridized carbons (Fsp3) is 0.500. The molecule has 1 aromatic carbocycles. The number of carbonyl (C=O) groups excluding carboxylic acids is 1. The number of benzene rings is 1. The van der Waals surface area contributed by atoms with Crippen LogP contribution in [0.3, 0.4) is 0 Å². The van der Waals surface area contributed by atoms with Gasteiger partial charge in [0.1, 0.15) is 5.75 Å². The van der Waals surface area contributed by atoms with Crippen LogP contribution in [0.2, 0.25) is 0 Å². The summed E-state index contributed by atoms with van der Waals surface area (Å²) >= 11 is 0. The van der Waals surface area contributed by atoms with E-state index in [1.165, 1.54) is 4.90 Å². The van der Waals surface area contributed by atoms with Crippen molar-refractivity contribution in [3.05, 3.63) is 29.8 Å². The first-order valence-corrected chi connectivity index (χ1v) is 7.40. The molecule has 6 nitrogen and oxygen atoms in total. The summed E-state index contributed by atoms with van der Waals surface area (Å²) < 4.78 is 5.51. The molecule has 22 heavy (non-hydrogen) atoms. The molecule has 0 saturated heterocycles. The van der Waals surface area contributed by atoms with Gasteiger partial charge in [0.2, 0.25) is 0 Å². The molecule has 0 saturated carbocycles. The number of nitrogens with zero attached hydrogens (tertiary/aromatic N) is 1. The van der Waals surface area contributed by atoms with Crippen molar-refractivity contribution in [3.8, 4) is 5.75 Å². The van der Waals surface area contributed by atoms with Crippen molar-refractivity contribution in [1.82, 2.24) is 10.2 Å². The molecular formula is C16H24N2O4. The maximum absolute atomic E-state index is 11.9. The molecule has 6 heteroatoms. The van der Waals surface area contributed by atoms with Crippen LogP contribution in [-0.2, 0) is 4.79 Å². The molecule has 0 aliphatic heterocycles. The summed E-state index contributed by atoms with van der Waals surface area (Å²) in [5.41, 5.74) is 0.962. The fourth-order valence-electron chi connectivity index (χ4n) is 1.82. The second-order valence-corrected chi connectivity index (χ2v) is 5.15. The minimum absolute atomic E-state index is 0.0677. The molecule has 0 aromatic heterocycles. The molecule has 0 aliphatic carbocycles. The van der Waals surface area contributed by atoms with Crippen LogP contribution >= 0.6 is 0 Å². The smallest absolute Gasteiger partial charge is 0.317 e. The zero-order valence-electron chi connectivity index (χ0n) is 13.3. The van der Waals surface area contributed by atoms with Crippen molar-refractivity contribution in [2.75, 3.05) is 20.2 Å². The number of rotatable bonds is 8. The number of ether oxygens (including phenoxy) is 1. The quantitative estimate of drug-likeness (QED) is 0.774. The summed E-state index contributed by atoms with van der Waals surface area (Å²) in [5.74, 6) is -0.113. The van der Waals surface area contributed by atoms with E-state index in [0.29, 0.717) is 6.61 Å². The topological polar surface area (TPSA) is 78.9 Å². The first-order chi connectivity index (χ1) is 10.4. The summed E-state index contributed by atoms with van der Waals surface area (Å²) in [4.78, 5) is 23.8. The van der Waals surface area contributed by atoms with Gasteiger partial charge in [0.05, 0.1) is 19.1 Å². The predicted molar refractivity (Wildman–Crippen MR) is 84.1 cm³/mol. The van der Waals surface area contributed by atoms with E-state index < -0.39 is 5.97 Å². The molecule has 2 amide bonds. The van der Waals surface area contributed by atoms with E-state index in [0.717, 1.165) is 17.7 Å². The molecule has 0 radical (unpaired) electrons. The highest BCUT2D eigenvalue weighted by molar-refractivity contribution is 5.75. The van der Waals surface area contributed by atoms with Gasteiger partial charge in [0, 0.05) is 13.6 Å². The lowest BCUT2D eigenvalue weighted by molar-refractivity contribution is -0.137. The molecule has 0 heterocycles. The van der Waals surface area contributed by atoms with Crippen molar-refractivity contribution >= 4 is 12.0 Å². The number of amides is 2. The number of carboxylic acid groups (broad SMARTS) is 1. The van der Waals surface area contributed by atoms with Gasteiger partial charge in [-0.1, -0.05) is 19.1 Å². The Balaban J connectivity index is 2.51. The highest BCUT2D eigenvalue weighted by Crippen LogP contribution is 2.18. The second-order valence-electron chi connectivity index (χ2n) is 5.15. The Labute approximate surface area is 131 Å². The summed E-state index contributed by atoms with van der Waals surface area (Å²) in [5, 5.41) is 11.5. The lowest BCUT2D eigenvalue weighted by Crippen LogP contribution is -2.39. The van der Waals surface area contributed by atoms with Gasteiger partial charge in [0.25, 0.3) is 0 Å². The van der Waals surface area contributed by atoms with E-state index in [9.17, 15) is 9.59 Å². The molecule has 1 aromatic rings. The highest BCUT2D eigenvalue weighted by atomic mass is 16.5. The molecule has 0 aliphatic rings. The Bertz CT molecular complexity index is 487. The first kappa shape index (κ1) is 17.8. The summed E-state index contributed by atoms with van der Waals surface area (Å²) in [7, 11) is 1.58. The maximum atomic E-state index is 11.9. The van der Waals surface area contributed by atoms with Gasteiger partial charge in [-0.15, -0.1) is 0 Å². The minimum atomic E-state index is -0.921. The third-order valence-corrected chi connectivity index (χ3v) is 3.20. The number of aliphatic carboxylic acids is 1. The molecule has 122 valence electrons. The van der Waals surface area contributed by atoms with Crippen molar-refractivity contribution < 1.29 is 19.4 Å². The summed E-state index contributed by atoms with van der Waals surface area (Å²) in [6.45, 7) is 4.79. The first-order valence-electron chi connectivity index (χ1n) is 7.40. The van der Waals surface area contributed by atoms with Gasteiger partial charge in [-0.2, -0.15) is 0 Å². The summed E-state index contributed by atoms with van der Waals surface area (Å²) in [6, 6.07) is 7.12. The van der Waals surface area contributed by atoms with Gasteiger partial charge >= 0.3 is 12.0 Å². The van der Waals surface area contributed by atoms with Gasteiger partial charge in [-0.05, 0) is 31.0 Å². The van der Waals surface area contributed by atoms with Crippen molar-refractivity contribution in [2.45, 2.75) is 32.7 Å². The third kappa shape index (κ3) is 6.03. The minimum Gasteiger partial charge on any atom is -0.494 e. The molecule has 0 spiro atoms. The zero-order chi connectivity index (χ0) is 16.5. The monoisotopic (exact) mass is 308 g/mol. The molecule has 1 rings (SSSR count). The van der Waals surface area contributed by atoms with Crippen molar-refractivity contribution in [3.63, 3.8) is 0 Å². The van der Waals surface area contributed by atoms with Crippen LogP contribution in [0.15, 0.2) is 24.3 Å². The van der Waals surface area contributed by atoms with E-state index >= 15 is 0 Å². The number of carbonyl (C=O) groups is 2. The SMILES string of the molecule is CCCOc1ccc(C(C)NC(=O)N(C)CCC(=O)O)cc1. The van der Waals surface area contributed by atoms with Gasteiger partial charge < -0.3 is 20.1 Å². The van der Waals surface area contributed by atoms with Gasteiger partial charge in [-0.25, -0.2) is 4.79 Å². The molecule has 1 atom stereocenters. The van der Waals surface area contributed by atoms with Crippen LogP contribution in [0.1, 0.15) is 38.3 Å². The van der Waals surface area contributed by atoms with Gasteiger partial charge in [0.15, 0.2) is 0 Å². The molecular weight excluding hydrogens is 284 g/mol. The average Bonchev–Trinajstić information content (AvgIpc) is 2.50. The predicted octanol–water partition coefficient (Wildman–Crippen LogP) is 2.65. The van der Waals surface area contributed by atoms with Crippen LogP contribution in [0.5, 0.6) is 5.75 Å². The van der Waals surface area contributed by atoms with E-state index in [1.54, 1.807) is 7.05 Å². The van der Waals surface area contributed by atoms with Crippen LogP contribution in [0.25, 0.3) is 0 Å². The van der Waals surface area contributed by atoms with Crippen LogP contribution in [-0.4, -0.2) is 42.2 Å². The van der Waals surface area contributed by atoms with E-state index in [4.69, 9.17) is 9.84 Å². The highest BCUT2D eigenvalue weighted by Gasteiger charge is 2.14. The van der Waals surface area contributed by atoms with Crippen molar-refractivity contribution in [2.24, 2.45) is 0 Å². The Kier molecular flexibility index (Phi) is 7.22. The van der Waals surface area contributed by atoms with Crippen molar-refractivity contribution in [1.29, 1.82) is 0 Å². The van der Waals surface area contributed by atoms with E-state index in [-0.39, 0.29) is 25.0 Å². The zero-order valence-corrected chi connectivity index (χ0v) is 13.3. The maximum Gasteiger partial charge on any atom is 0.317 e. The fourth-order valence-corrected chi connectivity index (χ4v) is 1.82. The van der Waals surface area contributed by atoms with E-state index in [1.807, 2.05) is 38.1 Å². The second kappa shape index (κ2) is 8.92. The average molecular weight is 308 g/mol. The number of hydrogen-bond donors (Lipinski definition) is 2. The number of nitrogens with one attached hydrogen (secondary N) is 1. The normalized spacial score (nSPS) is 11.6. The number of urea groups is 1. The summed E-state index contributed by atoms with van der Waals surface area (Å²) in [6.07, 6.45) is 0.888. The van der Waals surface area contributed by atoms with Gasteiger partial charge in [-0.3, -0.25) is 4.79 Å². The lowest BCUT2D eigenvalue weighted by Gasteiger charge is -2.21. The number of hydrogen-bond acceptors (Lipinski definition) is 3.